The Hall–Kier alpha value is -0.320. The molecule has 0 unspecified atom stereocenters. The van der Waals surface area contributed by atoms with Crippen LogP contribution in [0.25, 0.3) is 5.31 Å². The Morgan fingerprint density at radius 1 is 0.643 bits per heavy atom. The molecule has 0 atom stereocenters. The Bertz CT molecular complexity index is 574. The van der Waals surface area contributed by atoms with Crippen molar-refractivity contribution in [1.29, 1.82) is 0 Å². The van der Waals surface area contributed by atoms with Crippen LogP contribution in [-0.4, -0.2) is 17.0 Å². The van der Waals surface area contributed by atoms with Crippen LogP contribution in [0.15, 0.2) is 35.9 Å². The lowest BCUT2D eigenvalue weighted by Gasteiger charge is -2.49. The van der Waals surface area contributed by atoms with Crippen LogP contribution >= 0.6 is 18.9 Å². The molecule has 0 saturated heterocycles. The molecule has 4 rings (SSSR count). The molecule has 3 aliphatic carbocycles. The van der Waals surface area contributed by atoms with Gasteiger partial charge in [0.25, 0.3) is 0 Å². The summed E-state index contributed by atoms with van der Waals surface area (Å²) < 4.78 is 0. The van der Waals surface area contributed by atoms with Crippen LogP contribution in [-0.2, 0) is 0 Å². The average Bonchev–Trinajstić information content (AvgIpc) is 2.80. The highest BCUT2D eigenvalue weighted by Gasteiger charge is 2.60. The molecule has 0 heterocycles. The molecular weight excluding hydrogens is 379 g/mol. The molecule has 2 heteroatoms. The lowest BCUT2D eigenvalue weighted by Crippen LogP contribution is -2.36. The van der Waals surface area contributed by atoms with Gasteiger partial charge in [-0.2, -0.15) is 0 Å². The lowest BCUT2D eigenvalue weighted by molar-refractivity contribution is 0.455. The van der Waals surface area contributed by atoms with Crippen LogP contribution in [0, 0.1) is 0 Å². The van der Waals surface area contributed by atoms with Crippen molar-refractivity contribution in [2.24, 2.45) is 0 Å². The molecule has 3 aliphatic rings. The molecule has 0 aliphatic heterocycles. The topological polar surface area (TPSA) is 0 Å². The van der Waals surface area contributed by atoms with Crippen molar-refractivity contribution < 1.29 is 0 Å². The van der Waals surface area contributed by atoms with Crippen molar-refractivity contribution in [2.45, 2.75) is 113 Å². The summed E-state index contributed by atoms with van der Waals surface area (Å²) >= 11 is 6.81. The largest absolute Gasteiger partial charge is 0.113 e. The summed E-state index contributed by atoms with van der Waals surface area (Å²) in [6, 6.07) is 11.3. The second-order valence-electron chi connectivity index (χ2n) is 9.57. The van der Waals surface area contributed by atoms with Crippen molar-refractivity contribution in [3.63, 3.8) is 0 Å². The Balaban J connectivity index is 1.85. The van der Waals surface area contributed by atoms with Crippen LogP contribution in [0.1, 0.15) is 102 Å². The number of hydrogen-bond acceptors (Lipinski definition) is 0. The first kappa shape index (κ1) is 20.9. The molecule has 1 aromatic carbocycles. The van der Waals surface area contributed by atoms with E-state index in [0.717, 1.165) is 17.0 Å². The van der Waals surface area contributed by atoms with E-state index in [-0.39, 0.29) is 0 Å². The van der Waals surface area contributed by atoms with E-state index in [4.69, 9.17) is 11.6 Å². The van der Waals surface area contributed by atoms with Gasteiger partial charge in [0.1, 0.15) is 5.31 Å². The lowest BCUT2D eigenvalue weighted by atomic mass is 9.98. The number of rotatable bonds is 5. The predicted octanol–water partition coefficient (Wildman–Crippen LogP) is 9.24. The molecule has 3 saturated carbocycles. The molecule has 28 heavy (non-hydrogen) atoms. The molecule has 0 nitrogen and oxygen atoms in total. The molecule has 0 aromatic heterocycles. The molecule has 0 radical (unpaired) electrons. The molecular formula is C26H39ClP+. The minimum absolute atomic E-state index is 0.942. The SMILES string of the molecule is ClC=C(c1ccccc1)[P+](C1CCCCC1)(C1CCCCC1)C1CCCCC1. The maximum atomic E-state index is 6.81. The minimum atomic E-state index is -1.33. The first-order valence-electron chi connectivity index (χ1n) is 12.1. The second-order valence-corrected chi connectivity index (χ2v) is 14.1. The summed E-state index contributed by atoms with van der Waals surface area (Å²) in [7, 11) is -1.33. The van der Waals surface area contributed by atoms with E-state index in [1.807, 2.05) is 0 Å². The van der Waals surface area contributed by atoms with Crippen molar-refractivity contribution in [3.8, 4) is 0 Å². The third-order valence-corrected chi connectivity index (χ3v) is 14.9. The zero-order chi connectivity index (χ0) is 19.2. The second kappa shape index (κ2) is 10.1. The van der Waals surface area contributed by atoms with Crippen LogP contribution in [0.4, 0.5) is 0 Å². The zero-order valence-corrected chi connectivity index (χ0v) is 19.3. The van der Waals surface area contributed by atoms with E-state index in [1.54, 1.807) is 5.31 Å². The number of benzene rings is 1. The minimum Gasteiger partial charge on any atom is -0.0886 e. The van der Waals surface area contributed by atoms with Crippen molar-refractivity contribution in [2.75, 3.05) is 0 Å². The number of hydrogen-bond donors (Lipinski definition) is 0. The summed E-state index contributed by atoms with van der Waals surface area (Å²) in [4.78, 5) is 0. The Kier molecular flexibility index (Phi) is 7.57. The van der Waals surface area contributed by atoms with E-state index >= 15 is 0 Å². The maximum absolute atomic E-state index is 6.81. The van der Waals surface area contributed by atoms with Gasteiger partial charge < -0.3 is 0 Å². The Morgan fingerprint density at radius 3 is 1.39 bits per heavy atom. The molecule has 0 spiro atoms. The molecule has 0 amide bonds. The Labute approximate surface area is 178 Å². The maximum Gasteiger partial charge on any atom is 0.113 e. The summed E-state index contributed by atoms with van der Waals surface area (Å²) in [5.74, 6) is 0. The zero-order valence-electron chi connectivity index (χ0n) is 17.6. The highest BCUT2D eigenvalue weighted by Crippen LogP contribution is 2.84. The molecule has 154 valence electrons. The van der Waals surface area contributed by atoms with Crippen LogP contribution in [0.3, 0.4) is 0 Å². The highest BCUT2D eigenvalue weighted by molar-refractivity contribution is 7.87. The van der Waals surface area contributed by atoms with Crippen LogP contribution < -0.4 is 0 Å². The first-order valence-corrected chi connectivity index (χ1v) is 14.5. The fraction of sp³-hybridized carbons (Fsp3) is 0.692. The predicted molar refractivity (Wildman–Crippen MR) is 128 cm³/mol. The number of halogens is 1. The summed E-state index contributed by atoms with van der Waals surface area (Å²) in [6.07, 6.45) is 21.9. The van der Waals surface area contributed by atoms with Crippen molar-refractivity contribution in [1.82, 2.24) is 0 Å². The quantitative estimate of drug-likeness (QED) is 0.418. The third kappa shape index (κ3) is 4.11. The van der Waals surface area contributed by atoms with Crippen molar-refractivity contribution >= 4 is 24.2 Å². The van der Waals surface area contributed by atoms with Gasteiger partial charge in [0.2, 0.25) is 0 Å². The van der Waals surface area contributed by atoms with Gasteiger partial charge in [0.15, 0.2) is 0 Å². The normalized spacial score (nSPS) is 24.4. The fourth-order valence-electron chi connectivity index (χ4n) is 6.99. The van der Waals surface area contributed by atoms with E-state index in [2.05, 4.69) is 35.9 Å². The van der Waals surface area contributed by atoms with Gasteiger partial charge in [-0.15, -0.1) is 0 Å². The molecule has 0 bridgehead atoms. The van der Waals surface area contributed by atoms with Crippen LogP contribution in [0.5, 0.6) is 0 Å². The van der Waals surface area contributed by atoms with E-state index in [0.29, 0.717) is 0 Å². The summed E-state index contributed by atoms with van der Waals surface area (Å²) in [6.45, 7) is 0. The van der Waals surface area contributed by atoms with Gasteiger partial charge in [-0.3, -0.25) is 0 Å². The highest BCUT2D eigenvalue weighted by atomic mass is 35.5. The fourth-order valence-corrected chi connectivity index (χ4v) is 15.0. The van der Waals surface area contributed by atoms with Gasteiger partial charge in [-0.05, 0) is 77.0 Å². The summed E-state index contributed by atoms with van der Waals surface area (Å²) in [5.41, 5.74) is 6.36. The Morgan fingerprint density at radius 2 is 1.04 bits per heavy atom. The van der Waals surface area contributed by atoms with E-state index in [9.17, 15) is 0 Å². The standard InChI is InChI=1S/C26H39ClP/c27-21-26(22-13-5-1-6-14-22)28(23-15-7-2-8-16-23,24-17-9-3-10-18-24)25-19-11-4-12-20-25/h1,5-6,13-14,21,23-25H,2-4,7-12,15-20H2/q+1. The van der Waals surface area contributed by atoms with Gasteiger partial charge in [-0.25, -0.2) is 0 Å². The van der Waals surface area contributed by atoms with Gasteiger partial charge in [0.05, 0.1) is 24.2 Å². The van der Waals surface area contributed by atoms with Crippen LogP contribution in [0.2, 0.25) is 0 Å². The van der Waals surface area contributed by atoms with Gasteiger partial charge in [0, 0.05) is 11.1 Å². The third-order valence-electron chi connectivity index (χ3n) is 8.13. The summed E-state index contributed by atoms with van der Waals surface area (Å²) in [5, 5.41) is 1.63. The molecule has 0 N–H and O–H groups in total. The molecule has 1 aromatic rings. The smallest absolute Gasteiger partial charge is 0.0886 e. The van der Waals surface area contributed by atoms with E-state index in [1.165, 1.54) is 102 Å². The van der Waals surface area contributed by atoms with Gasteiger partial charge in [-0.1, -0.05) is 61.2 Å². The average molecular weight is 418 g/mol. The van der Waals surface area contributed by atoms with Gasteiger partial charge >= 0.3 is 0 Å². The first-order chi connectivity index (χ1) is 13.9. The monoisotopic (exact) mass is 417 g/mol. The van der Waals surface area contributed by atoms with Crippen molar-refractivity contribution in [3.05, 3.63) is 41.4 Å². The molecule has 3 fully saturated rings. The van der Waals surface area contributed by atoms with E-state index < -0.39 is 7.26 Å².